The van der Waals surface area contributed by atoms with E-state index in [2.05, 4.69) is 25.1 Å². The van der Waals surface area contributed by atoms with E-state index in [1.165, 1.54) is 11.1 Å². The molecule has 0 saturated heterocycles. The van der Waals surface area contributed by atoms with Crippen molar-refractivity contribution in [2.45, 2.75) is 30.3 Å². The van der Waals surface area contributed by atoms with Crippen molar-refractivity contribution in [3.63, 3.8) is 0 Å². The van der Waals surface area contributed by atoms with Crippen molar-refractivity contribution in [2.24, 2.45) is 0 Å². The summed E-state index contributed by atoms with van der Waals surface area (Å²) >= 11 is 0. The summed E-state index contributed by atoms with van der Waals surface area (Å²) in [7, 11) is 0. The van der Waals surface area contributed by atoms with Crippen molar-refractivity contribution in [1.29, 1.82) is 0 Å². The van der Waals surface area contributed by atoms with E-state index in [1.807, 2.05) is 6.07 Å². The molecular weight excluding hydrogens is 219 g/mol. The summed E-state index contributed by atoms with van der Waals surface area (Å²) in [5.74, 6) is 0.674. The van der Waals surface area contributed by atoms with Crippen LogP contribution in [0.3, 0.4) is 0 Å². The first-order valence-corrected chi connectivity index (χ1v) is 4.85. The largest absolute Gasteiger partial charge is 0.392 e. The molecule has 2 heteroatoms. The van der Waals surface area contributed by atoms with Gasteiger partial charge in [-0.05, 0) is 24.3 Å². The molecule has 1 fully saturated rings. The van der Waals surface area contributed by atoms with Crippen molar-refractivity contribution in [3.05, 3.63) is 42.3 Å². The Morgan fingerprint density at radius 2 is 1.79 bits per heavy atom. The quantitative estimate of drug-likeness (QED) is 0.537. The minimum Gasteiger partial charge on any atom is -0.392 e. The molecule has 3 aliphatic rings. The fourth-order valence-electron chi connectivity index (χ4n) is 2.79. The van der Waals surface area contributed by atoms with Crippen molar-refractivity contribution < 1.29 is 21.6 Å². The third kappa shape index (κ3) is 1.11. The summed E-state index contributed by atoms with van der Waals surface area (Å²) in [6.45, 7) is 4.08. The molecule has 0 amide bonds. The Morgan fingerprint density at radius 1 is 1.21 bits per heavy atom. The van der Waals surface area contributed by atoms with Gasteiger partial charge in [-0.15, -0.1) is 5.92 Å². The monoisotopic (exact) mass is 231 g/mol. The summed E-state index contributed by atoms with van der Waals surface area (Å²) in [5.41, 5.74) is 2.19. The predicted octanol–water partition coefficient (Wildman–Crippen LogP) is 2.22. The van der Waals surface area contributed by atoms with E-state index in [0.717, 1.165) is 12.8 Å². The van der Waals surface area contributed by atoms with Crippen LogP contribution in [0.25, 0.3) is 0 Å². The van der Waals surface area contributed by atoms with Crippen LogP contribution in [-0.2, 0) is 16.5 Å². The minimum absolute atomic E-state index is 0. The minimum atomic E-state index is -0.487. The molecule has 78 valence electrons. The predicted molar refractivity (Wildman–Crippen MR) is 51.5 cm³/mol. The van der Waals surface area contributed by atoms with Gasteiger partial charge in [0.2, 0.25) is 0 Å². The Hall–Kier alpha value is -0.326. The smallest absolute Gasteiger partial charge is 0.0455 e. The van der Waals surface area contributed by atoms with Crippen molar-refractivity contribution in [2.75, 3.05) is 0 Å². The molecular formula is C12H13NiO-. The summed E-state index contributed by atoms with van der Waals surface area (Å²) in [4.78, 5) is 0. The third-order valence-corrected chi connectivity index (χ3v) is 3.66. The van der Waals surface area contributed by atoms with Gasteiger partial charge in [0, 0.05) is 22.1 Å². The van der Waals surface area contributed by atoms with Crippen LogP contribution < -0.4 is 0 Å². The average molecular weight is 232 g/mol. The number of benzene rings is 1. The van der Waals surface area contributed by atoms with Gasteiger partial charge in [-0.2, -0.15) is 0 Å². The van der Waals surface area contributed by atoms with Gasteiger partial charge in [-0.25, -0.2) is 0 Å². The number of aliphatic hydroxyl groups is 1. The molecule has 1 aromatic rings. The van der Waals surface area contributed by atoms with E-state index in [0.29, 0.717) is 5.92 Å². The summed E-state index contributed by atoms with van der Waals surface area (Å²) in [5, 5.41) is 10.1. The Morgan fingerprint density at radius 3 is 2.43 bits per heavy atom. The van der Waals surface area contributed by atoms with Gasteiger partial charge in [0.1, 0.15) is 0 Å². The van der Waals surface area contributed by atoms with Gasteiger partial charge in [-0.1, -0.05) is 29.8 Å². The molecule has 1 atom stereocenters. The Balaban J connectivity index is 0.000000750. The fourth-order valence-corrected chi connectivity index (χ4v) is 2.79. The van der Waals surface area contributed by atoms with Crippen LogP contribution in [0.1, 0.15) is 35.8 Å². The third-order valence-electron chi connectivity index (χ3n) is 3.66. The van der Waals surface area contributed by atoms with E-state index >= 15 is 0 Å². The van der Waals surface area contributed by atoms with Crippen LogP contribution in [0.4, 0.5) is 0 Å². The second-order valence-electron chi connectivity index (χ2n) is 4.39. The first-order chi connectivity index (χ1) is 6.21. The van der Waals surface area contributed by atoms with Gasteiger partial charge in [0.05, 0.1) is 0 Å². The van der Waals surface area contributed by atoms with Crippen LogP contribution in [0, 0.1) is 6.92 Å². The maximum Gasteiger partial charge on any atom is 0.0455 e. The van der Waals surface area contributed by atoms with Crippen LogP contribution in [-0.4, -0.2) is 10.7 Å². The molecule has 0 spiro atoms. The second-order valence-corrected chi connectivity index (χ2v) is 4.39. The first-order valence-electron chi connectivity index (χ1n) is 4.85. The molecule has 3 aliphatic carbocycles. The summed E-state index contributed by atoms with van der Waals surface area (Å²) in [6.07, 6.45) is 1.83. The van der Waals surface area contributed by atoms with E-state index in [4.69, 9.17) is 0 Å². The zero-order valence-electron chi connectivity index (χ0n) is 7.85. The maximum atomic E-state index is 10.1. The van der Waals surface area contributed by atoms with Crippen molar-refractivity contribution in [3.8, 4) is 0 Å². The Bertz CT molecular complexity index is 355. The van der Waals surface area contributed by atoms with E-state index in [1.54, 1.807) is 0 Å². The molecule has 0 unspecified atom stereocenters. The zero-order valence-corrected chi connectivity index (χ0v) is 8.84. The number of hydrogen-bond donors (Lipinski definition) is 1. The average Bonchev–Trinajstić information content (AvgIpc) is 2.10. The summed E-state index contributed by atoms with van der Waals surface area (Å²) in [6, 6.07) is 8.39. The topological polar surface area (TPSA) is 20.2 Å². The van der Waals surface area contributed by atoms with Crippen molar-refractivity contribution >= 4 is 0 Å². The molecule has 1 saturated carbocycles. The first kappa shape index (κ1) is 10.2. The van der Waals surface area contributed by atoms with Gasteiger partial charge in [0.25, 0.3) is 0 Å². The van der Waals surface area contributed by atoms with Crippen LogP contribution in [0.2, 0.25) is 0 Å². The molecule has 0 aromatic heterocycles. The van der Waals surface area contributed by atoms with Crippen LogP contribution >= 0.6 is 0 Å². The molecule has 0 heterocycles. The molecule has 1 nitrogen and oxygen atoms in total. The zero-order chi connectivity index (χ0) is 9.05. The van der Waals surface area contributed by atoms with Gasteiger partial charge < -0.3 is 12.0 Å². The molecule has 14 heavy (non-hydrogen) atoms. The normalized spacial score (nSPS) is 37.9. The number of hydrogen-bond acceptors (Lipinski definition) is 1. The molecule has 1 aromatic carbocycles. The van der Waals surface area contributed by atoms with Crippen molar-refractivity contribution in [1.82, 2.24) is 0 Å². The molecule has 2 bridgehead atoms. The van der Waals surface area contributed by atoms with E-state index in [-0.39, 0.29) is 22.4 Å². The van der Waals surface area contributed by atoms with Crippen LogP contribution in [0.15, 0.2) is 24.3 Å². The maximum absolute atomic E-state index is 10.1. The Kier molecular flexibility index (Phi) is 2.25. The molecule has 1 N–H and O–H groups in total. The molecule has 0 aliphatic heterocycles. The van der Waals surface area contributed by atoms with Gasteiger partial charge in [0.15, 0.2) is 0 Å². The number of rotatable bonds is 0. The van der Waals surface area contributed by atoms with E-state index < -0.39 is 5.60 Å². The fraction of sp³-hybridized carbons (Fsp3) is 0.417. The Labute approximate surface area is 94.5 Å². The SMILES string of the molecule is [CH2-][C@@H]1c2ccccc2C2CC1(O)C2.[Ni]. The van der Waals surface area contributed by atoms with Gasteiger partial charge >= 0.3 is 0 Å². The van der Waals surface area contributed by atoms with E-state index in [9.17, 15) is 5.11 Å². The van der Waals surface area contributed by atoms with Gasteiger partial charge in [-0.3, -0.25) is 0 Å². The standard InChI is InChI=1S/C12H13O.Ni/c1-8-10-4-2-3-5-11(10)9-6-12(8,13)7-9;/h2-5,8-9,13H,1,6-7H2;/q-1;/t8-,9?,12?;/m1./s1. The van der Waals surface area contributed by atoms with Crippen LogP contribution in [0.5, 0.6) is 0 Å². The molecule has 4 rings (SSSR count). The second kappa shape index (κ2) is 3.08. The summed E-state index contributed by atoms with van der Waals surface area (Å²) < 4.78 is 0. The molecule has 0 radical (unpaired) electrons.